The molecule has 1 N–H and O–H groups in total. The van der Waals surface area contributed by atoms with Gasteiger partial charge < -0.3 is 23.4 Å². The summed E-state index contributed by atoms with van der Waals surface area (Å²) in [6.45, 7) is 4.38. The van der Waals surface area contributed by atoms with Gasteiger partial charge in [-0.05, 0) is 48.2 Å². The van der Waals surface area contributed by atoms with Crippen LogP contribution in [-0.2, 0) is 32.1 Å². The minimum atomic E-state index is -0.793. The van der Waals surface area contributed by atoms with Crippen LogP contribution < -0.4 is 14.8 Å². The largest absolute Gasteiger partial charge is 0.468 e. The van der Waals surface area contributed by atoms with Crippen LogP contribution in [0.1, 0.15) is 31.6 Å². The Morgan fingerprint density at radius 3 is 2.47 bits per heavy atom. The van der Waals surface area contributed by atoms with Crippen molar-refractivity contribution in [2.45, 2.75) is 45.4 Å². The summed E-state index contributed by atoms with van der Waals surface area (Å²) in [6, 6.07) is 17.2. The highest BCUT2D eigenvalue weighted by molar-refractivity contribution is 5.80. The van der Waals surface area contributed by atoms with Gasteiger partial charge in [-0.3, -0.25) is 14.9 Å². The van der Waals surface area contributed by atoms with Crippen molar-refractivity contribution in [1.82, 2.24) is 5.32 Å². The maximum absolute atomic E-state index is 13.0. The van der Waals surface area contributed by atoms with Crippen LogP contribution in [0.5, 0.6) is 11.5 Å². The van der Waals surface area contributed by atoms with Gasteiger partial charge in [-0.25, -0.2) is 0 Å². The lowest BCUT2D eigenvalue weighted by Gasteiger charge is -2.24. The third kappa shape index (κ3) is 6.46. The minimum absolute atomic E-state index is 0.163. The number of furan rings is 1. The molecule has 0 amide bonds. The summed E-state index contributed by atoms with van der Waals surface area (Å²) in [5.41, 5.74) is 1.72. The lowest BCUT2D eigenvalue weighted by molar-refractivity contribution is -0.149. The molecular formula is C28H31NO7. The molecule has 0 aliphatic carbocycles. The average molecular weight is 494 g/mol. The highest BCUT2D eigenvalue weighted by atomic mass is 16.7. The second-order valence-electron chi connectivity index (χ2n) is 9.06. The molecule has 3 aromatic rings. The first kappa shape index (κ1) is 25.3. The van der Waals surface area contributed by atoms with Gasteiger partial charge in [0.2, 0.25) is 6.79 Å². The second kappa shape index (κ2) is 11.8. The van der Waals surface area contributed by atoms with Gasteiger partial charge in [-0.15, -0.1) is 0 Å². The van der Waals surface area contributed by atoms with Crippen molar-refractivity contribution in [2.75, 3.05) is 13.9 Å². The number of carbonyl (C=O) groups excluding carboxylic acids is 2. The Balaban J connectivity index is 1.45. The Labute approximate surface area is 210 Å². The molecule has 0 radical (unpaired) electrons. The molecule has 8 nitrogen and oxygen atoms in total. The number of nitrogens with one attached hydrogen (secondary N) is 1. The molecule has 0 bridgehead atoms. The van der Waals surface area contributed by atoms with Crippen molar-refractivity contribution in [1.29, 1.82) is 0 Å². The third-order valence-electron chi connectivity index (χ3n) is 5.83. The first-order chi connectivity index (χ1) is 17.4. The smallest absolute Gasteiger partial charge is 0.323 e. The molecule has 2 heterocycles. The summed E-state index contributed by atoms with van der Waals surface area (Å²) in [4.78, 5) is 25.6. The van der Waals surface area contributed by atoms with E-state index in [2.05, 4.69) is 5.32 Å². The predicted molar refractivity (Wildman–Crippen MR) is 132 cm³/mol. The summed E-state index contributed by atoms with van der Waals surface area (Å²) in [7, 11) is 1.32. The van der Waals surface area contributed by atoms with Gasteiger partial charge in [0, 0.05) is 12.0 Å². The number of carbonyl (C=O) groups is 2. The number of methoxy groups -OCH3 is 1. The molecule has 4 rings (SSSR count). The molecule has 1 aliphatic rings. The van der Waals surface area contributed by atoms with E-state index < -0.39 is 24.0 Å². The predicted octanol–water partition coefficient (Wildman–Crippen LogP) is 4.51. The molecule has 190 valence electrons. The van der Waals surface area contributed by atoms with Crippen LogP contribution >= 0.6 is 0 Å². The molecular weight excluding hydrogens is 462 g/mol. The van der Waals surface area contributed by atoms with Crippen molar-refractivity contribution >= 4 is 11.9 Å². The number of rotatable bonds is 11. The lowest BCUT2D eigenvalue weighted by Crippen LogP contribution is -2.49. The van der Waals surface area contributed by atoms with Crippen molar-refractivity contribution in [2.24, 2.45) is 5.92 Å². The average Bonchev–Trinajstić information content (AvgIpc) is 3.55. The highest BCUT2D eigenvalue weighted by Crippen LogP contribution is 2.36. The van der Waals surface area contributed by atoms with Gasteiger partial charge in [0.15, 0.2) is 11.5 Å². The number of hydrogen-bond donors (Lipinski definition) is 1. The molecule has 2 aromatic carbocycles. The first-order valence-electron chi connectivity index (χ1n) is 12.0. The summed E-state index contributed by atoms with van der Waals surface area (Å²) in [5.74, 6) is 1.86. The van der Waals surface area contributed by atoms with E-state index in [-0.39, 0.29) is 25.7 Å². The number of hydrogen-bond acceptors (Lipinski definition) is 8. The fourth-order valence-electron chi connectivity index (χ4n) is 4.02. The van der Waals surface area contributed by atoms with Crippen LogP contribution in [0.3, 0.4) is 0 Å². The summed E-state index contributed by atoms with van der Waals surface area (Å²) in [6.07, 6.45) is 0.708. The van der Waals surface area contributed by atoms with E-state index in [0.29, 0.717) is 29.4 Å². The number of ether oxygens (including phenoxy) is 4. The van der Waals surface area contributed by atoms with E-state index in [1.807, 2.05) is 74.5 Å². The van der Waals surface area contributed by atoms with E-state index in [1.165, 1.54) is 7.11 Å². The van der Waals surface area contributed by atoms with Crippen molar-refractivity contribution in [3.05, 3.63) is 72.0 Å². The number of esters is 2. The Morgan fingerprint density at radius 1 is 0.944 bits per heavy atom. The summed E-state index contributed by atoms with van der Waals surface area (Å²) >= 11 is 0. The fraction of sp³-hybridized carbons (Fsp3) is 0.357. The summed E-state index contributed by atoms with van der Waals surface area (Å²) < 4.78 is 27.4. The summed E-state index contributed by atoms with van der Waals surface area (Å²) in [5, 5.41) is 3.16. The van der Waals surface area contributed by atoms with Crippen LogP contribution in [0, 0.1) is 5.92 Å². The van der Waals surface area contributed by atoms with Gasteiger partial charge in [-0.1, -0.05) is 44.2 Å². The van der Waals surface area contributed by atoms with Gasteiger partial charge in [0.1, 0.15) is 30.2 Å². The van der Waals surface area contributed by atoms with Gasteiger partial charge >= 0.3 is 11.9 Å². The molecule has 0 unspecified atom stereocenters. The topological polar surface area (TPSA) is 96.2 Å². The van der Waals surface area contributed by atoms with Crippen molar-refractivity contribution in [3.63, 3.8) is 0 Å². The third-order valence-corrected chi connectivity index (χ3v) is 5.83. The Morgan fingerprint density at radius 2 is 1.72 bits per heavy atom. The van der Waals surface area contributed by atoms with E-state index >= 15 is 0 Å². The molecule has 8 heteroatoms. The van der Waals surface area contributed by atoms with Crippen LogP contribution in [0.2, 0.25) is 0 Å². The van der Waals surface area contributed by atoms with E-state index in [9.17, 15) is 9.59 Å². The van der Waals surface area contributed by atoms with E-state index in [1.54, 1.807) is 0 Å². The molecule has 1 aliphatic heterocycles. The Kier molecular flexibility index (Phi) is 8.28. The van der Waals surface area contributed by atoms with E-state index in [0.717, 1.165) is 11.1 Å². The molecule has 2 atom stereocenters. The Hall–Kier alpha value is -3.78. The quantitative estimate of drug-likeness (QED) is 0.390. The molecule has 36 heavy (non-hydrogen) atoms. The number of benzene rings is 2. The maximum atomic E-state index is 13.0. The van der Waals surface area contributed by atoms with Crippen LogP contribution in [-0.4, -0.2) is 37.9 Å². The number of fused-ring (bicyclic) bond motifs is 1. The van der Waals surface area contributed by atoms with Gasteiger partial charge in [-0.2, -0.15) is 0 Å². The van der Waals surface area contributed by atoms with Crippen molar-refractivity contribution < 1.29 is 33.0 Å². The van der Waals surface area contributed by atoms with Gasteiger partial charge in [0.05, 0.1) is 7.11 Å². The monoisotopic (exact) mass is 493 g/mol. The fourth-order valence-corrected chi connectivity index (χ4v) is 4.02. The van der Waals surface area contributed by atoms with Crippen molar-refractivity contribution in [3.8, 4) is 22.8 Å². The lowest BCUT2D eigenvalue weighted by atomic mass is 10.0. The zero-order valence-corrected chi connectivity index (χ0v) is 20.7. The molecule has 0 saturated heterocycles. The maximum Gasteiger partial charge on any atom is 0.323 e. The zero-order chi connectivity index (χ0) is 25.5. The van der Waals surface area contributed by atoms with Crippen LogP contribution in [0.25, 0.3) is 11.3 Å². The zero-order valence-electron chi connectivity index (χ0n) is 20.7. The first-order valence-corrected chi connectivity index (χ1v) is 12.0. The standard InChI is InChI=1S/C28H31NO7/c1-18(2)13-22(28(31)33-16-19-7-5-4-6-8-19)29-23(27(30)32-3)15-21-10-12-24(36-21)20-9-11-25-26(14-20)35-17-34-25/h4-12,14,18,22-23,29H,13,15-17H2,1-3H3/t22-,23-/m0/s1. The highest BCUT2D eigenvalue weighted by Gasteiger charge is 2.30. The second-order valence-corrected chi connectivity index (χ2v) is 9.06. The van der Waals surface area contributed by atoms with E-state index in [4.69, 9.17) is 23.4 Å². The normalized spacial score (nSPS) is 13.9. The minimum Gasteiger partial charge on any atom is -0.468 e. The Bertz CT molecular complexity index is 1170. The SMILES string of the molecule is COC(=O)[C@H](Cc1ccc(-c2ccc3c(c2)OCO3)o1)N[C@@H](CC(C)C)C(=O)OCc1ccccc1. The van der Waals surface area contributed by atoms with Crippen LogP contribution in [0.4, 0.5) is 0 Å². The van der Waals surface area contributed by atoms with Gasteiger partial charge in [0.25, 0.3) is 0 Å². The van der Waals surface area contributed by atoms with Crippen LogP contribution in [0.15, 0.2) is 65.1 Å². The molecule has 0 spiro atoms. The molecule has 1 aromatic heterocycles. The molecule has 0 saturated carbocycles. The molecule has 0 fully saturated rings.